The summed E-state index contributed by atoms with van der Waals surface area (Å²) in [5, 5.41) is 0. The van der Waals surface area contributed by atoms with Gasteiger partial charge < -0.3 is 0 Å². The van der Waals surface area contributed by atoms with Gasteiger partial charge in [0.25, 0.3) is 0 Å². The van der Waals surface area contributed by atoms with Crippen LogP contribution in [0.5, 0.6) is 0 Å². The Bertz CT molecular complexity index is 121. The maximum Gasteiger partial charge on any atom is 0.0180 e. The van der Waals surface area contributed by atoms with Gasteiger partial charge in [0, 0.05) is 18.8 Å². The molecule has 5 radical (unpaired) electrons. The van der Waals surface area contributed by atoms with Crippen molar-refractivity contribution in [3.8, 4) is 0 Å². The lowest BCUT2D eigenvalue weighted by molar-refractivity contribution is 0.538. The summed E-state index contributed by atoms with van der Waals surface area (Å²) in [6.45, 7) is 2.29. The molecule has 0 fully saturated rings. The van der Waals surface area contributed by atoms with E-state index in [4.69, 9.17) is 0 Å². The number of hydrogen-bond acceptors (Lipinski definition) is 0. The second-order valence-corrected chi connectivity index (χ2v) is 7.44. The normalized spacial score (nSPS) is 11.0. The van der Waals surface area contributed by atoms with E-state index in [0.717, 1.165) is 9.04 Å². The first kappa shape index (κ1) is 18.4. The minimum atomic E-state index is 0.975. The summed E-state index contributed by atoms with van der Waals surface area (Å²) < 4.78 is 0. The lowest BCUT2D eigenvalue weighted by atomic mass is 10.0. The van der Waals surface area contributed by atoms with Gasteiger partial charge in [0.1, 0.15) is 0 Å². The van der Waals surface area contributed by atoms with Gasteiger partial charge in [0.2, 0.25) is 0 Å². The molecule has 0 rings (SSSR count). The van der Waals surface area contributed by atoms with E-state index < -0.39 is 0 Å². The summed E-state index contributed by atoms with van der Waals surface area (Å²) in [6, 6.07) is 1.38. The van der Waals surface area contributed by atoms with Crippen molar-refractivity contribution in [3.63, 3.8) is 0 Å². The first-order valence-electron chi connectivity index (χ1n) is 8.31. The molecule has 105 valence electrons. The van der Waals surface area contributed by atoms with Crippen LogP contribution >= 0.6 is 0 Å². The fourth-order valence-corrected chi connectivity index (χ4v) is 3.37. The smallest absolute Gasteiger partial charge is 0.0180 e. The van der Waals surface area contributed by atoms with Gasteiger partial charge >= 0.3 is 0 Å². The van der Waals surface area contributed by atoms with E-state index in [0.29, 0.717) is 0 Å². The Morgan fingerprint density at radius 2 is 0.889 bits per heavy atom. The standard InChI is InChI=1S/C16H33Si2/c1-2-3-4-5-6-7-8-9-10-11-12-13-14-15-16-18-17/h2-16H2,1H3. The molecule has 0 nitrogen and oxygen atoms in total. The molecule has 0 aromatic carbocycles. The molecule has 0 saturated carbocycles. The minimum Gasteiger partial charge on any atom is -0.0654 e. The third-order valence-electron chi connectivity index (χ3n) is 3.66. The molecule has 2 heteroatoms. The lowest BCUT2D eigenvalue weighted by Gasteiger charge is -2.02. The predicted molar refractivity (Wildman–Crippen MR) is 86.6 cm³/mol. The van der Waals surface area contributed by atoms with Crippen LogP contribution in [0.2, 0.25) is 6.04 Å². The van der Waals surface area contributed by atoms with Crippen molar-refractivity contribution in [2.24, 2.45) is 0 Å². The summed E-state index contributed by atoms with van der Waals surface area (Å²) in [5.41, 5.74) is 0. The highest BCUT2D eigenvalue weighted by atomic mass is 29.1. The van der Waals surface area contributed by atoms with Crippen molar-refractivity contribution in [1.29, 1.82) is 0 Å². The van der Waals surface area contributed by atoms with Crippen molar-refractivity contribution in [3.05, 3.63) is 0 Å². The Kier molecular flexibility index (Phi) is 17.9. The minimum absolute atomic E-state index is 0.975. The molecule has 0 saturated heterocycles. The quantitative estimate of drug-likeness (QED) is 0.268. The van der Waals surface area contributed by atoms with Crippen LogP contribution < -0.4 is 0 Å². The topological polar surface area (TPSA) is 0 Å². The van der Waals surface area contributed by atoms with Gasteiger partial charge in [-0.25, -0.2) is 0 Å². The first-order valence-corrected chi connectivity index (χ1v) is 11.0. The van der Waals surface area contributed by atoms with Crippen molar-refractivity contribution in [2.45, 2.75) is 103 Å². The van der Waals surface area contributed by atoms with E-state index in [1.54, 1.807) is 0 Å². The Hall–Kier alpha value is 0.434. The van der Waals surface area contributed by atoms with Crippen LogP contribution in [-0.2, 0) is 0 Å². The Balaban J connectivity index is 2.86. The van der Waals surface area contributed by atoms with Crippen LogP contribution in [0.1, 0.15) is 96.8 Å². The molecule has 0 spiro atoms. The van der Waals surface area contributed by atoms with E-state index in [1.807, 2.05) is 0 Å². The van der Waals surface area contributed by atoms with Gasteiger partial charge in [0.15, 0.2) is 0 Å². The second kappa shape index (κ2) is 17.4. The summed E-state index contributed by atoms with van der Waals surface area (Å²) in [7, 11) is 4.53. The molecule has 0 amide bonds. The zero-order valence-electron chi connectivity index (χ0n) is 12.6. The average Bonchev–Trinajstić information content (AvgIpc) is 2.39. The van der Waals surface area contributed by atoms with Crippen LogP contribution in [0.15, 0.2) is 0 Å². The zero-order valence-corrected chi connectivity index (χ0v) is 14.6. The lowest BCUT2D eigenvalue weighted by Crippen LogP contribution is -1.87. The summed E-state index contributed by atoms with van der Waals surface area (Å²) in [4.78, 5) is 0. The van der Waals surface area contributed by atoms with E-state index in [1.165, 1.54) is 95.9 Å². The Morgan fingerprint density at radius 1 is 0.556 bits per heavy atom. The van der Waals surface area contributed by atoms with Gasteiger partial charge in [-0.2, -0.15) is 0 Å². The number of unbranched alkanes of at least 4 members (excludes halogenated alkanes) is 13. The van der Waals surface area contributed by atoms with Gasteiger partial charge in [0.05, 0.1) is 0 Å². The highest BCUT2D eigenvalue weighted by Crippen LogP contribution is 2.13. The molecule has 0 aliphatic heterocycles. The molecular formula is C16H33Si2. The van der Waals surface area contributed by atoms with E-state index in [9.17, 15) is 0 Å². The molecule has 0 aromatic rings. The third kappa shape index (κ3) is 16.4. The molecule has 18 heavy (non-hydrogen) atoms. The molecule has 0 unspecified atom stereocenters. The predicted octanol–water partition coefficient (Wildman–Crippen LogP) is 5.67. The monoisotopic (exact) mass is 281 g/mol. The van der Waals surface area contributed by atoms with Crippen molar-refractivity contribution in [1.82, 2.24) is 0 Å². The summed E-state index contributed by atoms with van der Waals surface area (Å²) >= 11 is 0. The molecular weight excluding hydrogens is 248 g/mol. The Morgan fingerprint density at radius 3 is 1.22 bits per heavy atom. The van der Waals surface area contributed by atoms with Crippen molar-refractivity contribution in [2.75, 3.05) is 0 Å². The summed E-state index contributed by atoms with van der Waals surface area (Å²) in [6.07, 6.45) is 20.5. The van der Waals surface area contributed by atoms with Gasteiger partial charge in [-0.1, -0.05) is 103 Å². The maximum absolute atomic E-state index is 3.56. The highest BCUT2D eigenvalue weighted by molar-refractivity contribution is 6.89. The van der Waals surface area contributed by atoms with Gasteiger partial charge in [-0.05, 0) is 0 Å². The van der Waals surface area contributed by atoms with Crippen LogP contribution in [0, 0.1) is 0 Å². The van der Waals surface area contributed by atoms with Crippen LogP contribution in [0.25, 0.3) is 0 Å². The van der Waals surface area contributed by atoms with Crippen LogP contribution in [0.3, 0.4) is 0 Å². The molecule has 0 bridgehead atoms. The molecule has 0 atom stereocenters. The molecule has 0 aromatic heterocycles. The van der Waals surface area contributed by atoms with E-state index >= 15 is 0 Å². The molecule has 0 heterocycles. The van der Waals surface area contributed by atoms with E-state index in [2.05, 4.69) is 16.7 Å². The second-order valence-electron chi connectivity index (χ2n) is 5.52. The fraction of sp³-hybridized carbons (Fsp3) is 1.00. The number of hydrogen-bond donors (Lipinski definition) is 0. The first-order chi connectivity index (χ1) is 8.91. The van der Waals surface area contributed by atoms with Gasteiger partial charge in [-0.15, -0.1) is 0 Å². The molecule has 0 aliphatic carbocycles. The third-order valence-corrected chi connectivity index (χ3v) is 5.01. The Labute approximate surface area is 122 Å². The SMILES string of the molecule is CCCCCCCCCCCCCCCC[Si][Si]. The largest absolute Gasteiger partial charge is 0.0654 e. The van der Waals surface area contributed by atoms with Crippen LogP contribution in [-0.4, -0.2) is 18.8 Å². The molecule has 0 N–H and O–H groups in total. The molecule has 0 aliphatic rings. The number of rotatable bonds is 15. The fourth-order valence-electron chi connectivity index (χ4n) is 2.41. The zero-order chi connectivity index (χ0) is 13.3. The average molecular weight is 282 g/mol. The summed E-state index contributed by atoms with van der Waals surface area (Å²) in [5.74, 6) is 0. The highest BCUT2D eigenvalue weighted by Gasteiger charge is 1.93. The van der Waals surface area contributed by atoms with Crippen molar-refractivity contribution >= 4 is 18.8 Å². The van der Waals surface area contributed by atoms with E-state index in [-0.39, 0.29) is 0 Å². The van der Waals surface area contributed by atoms with Crippen LogP contribution in [0.4, 0.5) is 0 Å². The maximum atomic E-state index is 3.56. The van der Waals surface area contributed by atoms with Gasteiger partial charge in [-0.3, -0.25) is 0 Å². The van der Waals surface area contributed by atoms with Crippen molar-refractivity contribution < 1.29 is 0 Å².